The van der Waals surface area contributed by atoms with Crippen molar-refractivity contribution in [1.82, 2.24) is 21.3 Å². The predicted octanol–water partition coefficient (Wildman–Crippen LogP) is -1.80. The number of carbonyl (C=O) groups is 7. The first kappa shape index (κ1) is 35.0. The van der Waals surface area contributed by atoms with E-state index in [0.717, 1.165) is 11.8 Å². The summed E-state index contributed by atoms with van der Waals surface area (Å²) < 4.78 is 0. The van der Waals surface area contributed by atoms with Crippen LogP contribution in [0.15, 0.2) is 17.1 Å². The number of nitrogens with two attached hydrogens (primary N) is 1. The van der Waals surface area contributed by atoms with E-state index in [0.29, 0.717) is 19.4 Å². The lowest BCUT2D eigenvalue weighted by Gasteiger charge is -2.27. The largest absolute Gasteiger partial charge is 0.480 e. The lowest BCUT2D eigenvalue weighted by molar-refractivity contribution is -0.142. The summed E-state index contributed by atoms with van der Waals surface area (Å²) in [7, 11) is 0. The van der Waals surface area contributed by atoms with Crippen molar-refractivity contribution >= 4 is 59.0 Å². The maximum absolute atomic E-state index is 13.1. The molecule has 0 spiro atoms. The molecule has 0 aromatic carbocycles. The van der Waals surface area contributed by atoms with Gasteiger partial charge in [0.2, 0.25) is 23.6 Å². The number of aliphatic carboxylic acids is 3. The van der Waals surface area contributed by atoms with Crippen LogP contribution in [0.1, 0.15) is 46.0 Å². The number of carboxylic acids is 3. The van der Waals surface area contributed by atoms with Crippen LogP contribution in [0.3, 0.4) is 0 Å². The fourth-order valence-electron chi connectivity index (χ4n) is 3.62. The highest BCUT2D eigenvalue weighted by Gasteiger charge is 2.36. The first-order valence-electron chi connectivity index (χ1n) is 12.6. The summed E-state index contributed by atoms with van der Waals surface area (Å²) in [6.07, 6.45) is 0.202. The van der Waals surface area contributed by atoms with Crippen LogP contribution in [0.4, 0.5) is 0 Å². The molecule has 0 unspecified atom stereocenters. The lowest BCUT2D eigenvalue weighted by atomic mass is 10.1. The monoisotopic (exact) mass is 600 g/mol. The third-order valence-electron chi connectivity index (χ3n) is 5.76. The number of amides is 4. The third-order valence-corrected chi connectivity index (χ3v) is 6.99. The van der Waals surface area contributed by atoms with Crippen molar-refractivity contribution in [2.24, 2.45) is 10.7 Å². The van der Waals surface area contributed by atoms with Gasteiger partial charge < -0.3 is 42.3 Å². The minimum Gasteiger partial charge on any atom is -0.480 e. The molecule has 0 fully saturated rings. The molecule has 5 atom stereocenters. The smallest absolute Gasteiger partial charge is 0.354 e. The number of carbonyl (C=O) groups excluding carboxylic acids is 4. The summed E-state index contributed by atoms with van der Waals surface area (Å²) in [6.45, 7) is 6.43. The molecule has 4 amide bonds. The Labute approximate surface area is 240 Å². The molecule has 1 heterocycles. The number of nitrogens with zero attached hydrogens (tertiary/aromatic N) is 1. The van der Waals surface area contributed by atoms with Gasteiger partial charge in [0.05, 0.1) is 0 Å². The van der Waals surface area contributed by atoms with Crippen LogP contribution in [0.25, 0.3) is 0 Å². The molecule has 1 aliphatic rings. The van der Waals surface area contributed by atoms with Gasteiger partial charge in [-0.25, -0.2) is 14.4 Å². The maximum Gasteiger partial charge on any atom is 0.354 e. The predicted molar refractivity (Wildman–Crippen MR) is 147 cm³/mol. The zero-order valence-electron chi connectivity index (χ0n) is 22.7. The van der Waals surface area contributed by atoms with E-state index < -0.39 is 83.2 Å². The second-order valence-corrected chi connectivity index (χ2v) is 10.3. The Bertz CT molecular complexity index is 1080. The molecule has 0 bridgehead atoms. The Morgan fingerprint density at radius 1 is 0.951 bits per heavy atom. The Hall–Kier alpha value is -3.99. The van der Waals surface area contributed by atoms with Crippen LogP contribution in [0.2, 0.25) is 0 Å². The fraction of sp³-hybridized carbons (Fsp3) is 0.583. The van der Waals surface area contributed by atoms with Gasteiger partial charge in [0.25, 0.3) is 0 Å². The van der Waals surface area contributed by atoms with E-state index in [4.69, 9.17) is 5.73 Å². The third kappa shape index (κ3) is 12.0. The molecule has 0 radical (unpaired) electrons. The van der Waals surface area contributed by atoms with Crippen LogP contribution in [0, 0.1) is 0 Å². The van der Waals surface area contributed by atoms with Crippen LogP contribution in [0.5, 0.6) is 0 Å². The zero-order chi connectivity index (χ0) is 31.3. The van der Waals surface area contributed by atoms with Gasteiger partial charge in [0.1, 0.15) is 29.2 Å². The van der Waals surface area contributed by atoms with Crippen molar-refractivity contribution in [3.8, 4) is 0 Å². The number of nitrogens with one attached hydrogen (secondary N) is 4. The molecule has 0 saturated carbocycles. The minimum atomic E-state index is -1.62. The van der Waals surface area contributed by atoms with Crippen molar-refractivity contribution in [2.45, 2.75) is 75.5 Å². The van der Waals surface area contributed by atoms with Gasteiger partial charge in [0.15, 0.2) is 6.04 Å². The average Bonchev–Trinajstić information content (AvgIpc) is 2.88. The number of unbranched alkanes of at least 4 members (excludes halogenated alkanes) is 1. The van der Waals surface area contributed by atoms with Crippen molar-refractivity contribution in [2.75, 3.05) is 12.3 Å². The molecule has 0 saturated heterocycles. The Kier molecular flexibility index (Phi) is 14.5. The second-order valence-electron chi connectivity index (χ2n) is 9.18. The molecule has 41 heavy (non-hydrogen) atoms. The number of carboxylic acid groups (broad SMARTS) is 3. The second kappa shape index (κ2) is 17.0. The minimum absolute atomic E-state index is 0.0761. The van der Waals surface area contributed by atoms with Gasteiger partial charge in [-0.05, 0) is 44.7 Å². The molecule has 1 rings (SSSR count). The highest BCUT2D eigenvalue weighted by Crippen LogP contribution is 2.26. The summed E-state index contributed by atoms with van der Waals surface area (Å²) in [6, 6.07) is -5.33. The zero-order valence-corrected chi connectivity index (χ0v) is 23.5. The summed E-state index contributed by atoms with van der Waals surface area (Å²) in [5.41, 5.74) is 5.31. The molecule has 0 aromatic rings. The van der Waals surface area contributed by atoms with Crippen LogP contribution in [-0.2, 0) is 33.6 Å². The highest BCUT2D eigenvalue weighted by molar-refractivity contribution is 8.00. The van der Waals surface area contributed by atoms with Crippen LogP contribution < -0.4 is 27.0 Å². The van der Waals surface area contributed by atoms with Gasteiger partial charge in [-0.2, -0.15) is 0 Å². The molecule has 1 aliphatic heterocycles. The Morgan fingerprint density at radius 3 is 2.15 bits per heavy atom. The van der Waals surface area contributed by atoms with Gasteiger partial charge >= 0.3 is 17.9 Å². The van der Waals surface area contributed by atoms with E-state index in [1.165, 1.54) is 13.8 Å². The molecule has 0 aromatic heterocycles. The lowest BCUT2D eigenvalue weighted by Crippen LogP contribution is -2.55. The average molecular weight is 601 g/mol. The number of aliphatic imine (C=N–C) groups is 1. The van der Waals surface area contributed by atoms with Crippen LogP contribution in [-0.4, -0.2) is 104 Å². The van der Waals surface area contributed by atoms with Gasteiger partial charge in [-0.15, -0.1) is 11.8 Å². The number of rotatable bonds is 17. The summed E-state index contributed by atoms with van der Waals surface area (Å²) >= 11 is 0.979. The standard InChI is InChI=1S/C24H36N6O10S/c1-11-10-41-21(30-17(11)23(37)38)18(24(39)40)29-20(34)14(6-4-5-9-25)27-16(32)8-7-15(22(35)36)28-19(33)12(2)26-13(3)31/h12,14-15,18,21H,1,4-10,25H2,2-3H3,(H,26,31)(H,27,32)(H,28,33)(H,29,34)(H,35,36)(H,37,38)(H,39,40)/t12-,14-,15+,18-,21+/m0/s1. The molecular weight excluding hydrogens is 564 g/mol. The molecule has 9 N–H and O–H groups in total. The Balaban J connectivity index is 2.95. The van der Waals surface area contributed by atoms with Gasteiger partial charge in [-0.1, -0.05) is 6.58 Å². The molecule has 17 heteroatoms. The van der Waals surface area contributed by atoms with Crippen molar-refractivity contribution in [1.29, 1.82) is 0 Å². The van der Waals surface area contributed by atoms with E-state index >= 15 is 0 Å². The highest BCUT2D eigenvalue weighted by atomic mass is 32.2. The summed E-state index contributed by atoms with van der Waals surface area (Å²) in [5, 5.41) is 36.6. The molecule has 228 valence electrons. The quantitative estimate of drug-likeness (QED) is 0.0859. The van der Waals surface area contributed by atoms with Gasteiger partial charge in [0, 0.05) is 19.1 Å². The molecular formula is C24H36N6O10S. The Morgan fingerprint density at radius 2 is 1.61 bits per heavy atom. The van der Waals surface area contributed by atoms with Crippen molar-refractivity contribution in [3.05, 3.63) is 12.2 Å². The van der Waals surface area contributed by atoms with Gasteiger partial charge in [-0.3, -0.25) is 24.2 Å². The first-order chi connectivity index (χ1) is 19.2. The SMILES string of the molecule is C=C1CS[C@H]([C@H](NC(=O)[C@H](CCCCN)NC(=O)CC[C@@H](NC(=O)[C@H](C)NC(C)=O)C(=O)O)C(=O)O)N=C1C(=O)O. The molecule has 16 nitrogen and oxygen atoms in total. The fourth-order valence-corrected chi connectivity index (χ4v) is 4.69. The number of hydrogen-bond donors (Lipinski definition) is 8. The maximum atomic E-state index is 13.1. The summed E-state index contributed by atoms with van der Waals surface area (Å²) in [4.78, 5) is 87.9. The van der Waals surface area contributed by atoms with E-state index in [2.05, 4.69) is 32.8 Å². The van der Waals surface area contributed by atoms with E-state index in [1.807, 2.05) is 0 Å². The number of hydrogen-bond acceptors (Lipinski definition) is 10. The first-order valence-corrected chi connectivity index (χ1v) is 13.7. The van der Waals surface area contributed by atoms with E-state index in [1.54, 1.807) is 0 Å². The summed E-state index contributed by atoms with van der Waals surface area (Å²) in [5.74, 6) is -7.08. The number of thioether (sulfide) groups is 1. The van der Waals surface area contributed by atoms with E-state index in [9.17, 15) is 48.9 Å². The van der Waals surface area contributed by atoms with Crippen molar-refractivity contribution in [3.63, 3.8) is 0 Å². The van der Waals surface area contributed by atoms with Crippen molar-refractivity contribution < 1.29 is 48.9 Å². The van der Waals surface area contributed by atoms with Crippen LogP contribution >= 0.6 is 11.8 Å². The van der Waals surface area contributed by atoms with E-state index in [-0.39, 0.29) is 24.2 Å². The topological polar surface area (TPSA) is 267 Å². The normalized spacial score (nSPS) is 17.6. The molecule has 0 aliphatic carbocycles.